The first kappa shape index (κ1) is 13.6. The second kappa shape index (κ2) is 5.98. The Morgan fingerprint density at radius 2 is 1.81 bits per heavy atom. The molecule has 0 amide bonds. The van der Waals surface area contributed by atoms with Gasteiger partial charge in [-0.25, -0.2) is 0 Å². The zero-order chi connectivity index (χ0) is 14.1. The van der Waals surface area contributed by atoms with Crippen molar-refractivity contribution in [2.24, 2.45) is 5.92 Å². The topological polar surface area (TPSA) is 18.5 Å². The van der Waals surface area contributed by atoms with E-state index in [4.69, 9.17) is 0 Å². The lowest BCUT2D eigenvalue weighted by molar-refractivity contribution is 0.255. The van der Waals surface area contributed by atoms with Crippen molar-refractivity contribution in [2.45, 2.75) is 38.3 Å². The van der Waals surface area contributed by atoms with Gasteiger partial charge in [-0.3, -0.25) is 4.90 Å². The largest absolute Gasteiger partial charge is 0.382 e. The standard InChI is InChI=1S/C18H27N3/c1-2-6-17(15(5-1)13-20-9-3-4-10-20)19-18-8-12-21-11-7-16(18)14-21/h1-2,5-6,16,18-19H,3-4,7-14H2. The number of hydrogen-bond acceptors (Lipinski definition) is 3. The fraction of sp³-hybridized carbons (Fsp3) is 0.667. The van der Waals surface area contributed by atoms with Crippen molar-refractivity contribution in [1.82, 2.24) is 9.80 Å². The molecule has 1 N–H and O–H groups in total. The minimum absolute atomic E-state index is 0.684. The molecule has 3 nitrogen and oxygen atoms in total. The van der Waals surface area contributed by atoms with Crippen LogP contribution in [0.2, 0.25) is 0 Å². The molecule has 0 aliphatic carbocycles. The average molecular weight is 285 g/mol. The van der Waals surface area contributed by atoms with E-state index in [1.165, 1.54) is 69.7 Å². The highest BCUT2D eigenvalue weighted by Crippen LogP contribution is 2.30. The van der Waals surface area contributed by atoms with Crippen molar-refractivity contribution < 1.29 is 0 Å². The van der Waals surface area contributed by atoms with E-state index in [0.717, 1.165) is 12.5 Å². The van der Waals surface area contributed by atoms with Gasteiger partial charge in [-0.1, -0.05) is 18.2 Å². The van der Waals surface area contributed by atoms with Gasteiger partial charge in [0.25, 0.3) is 0 Å². The molecule has 114 valence electrons. The molecular formula is C18H27N3. The normalized spacial score (nSPS) is 32.5. The molecule has 21 heavy (non-hydrogen) atoms. The summed E-state index contributed by atoms with van der Waals surface area (Å²) >= 11 is 0. The third-order valence-corrected chi connectivity index (χ3v) is 5.59. The molecule has 3 aliphatic heterocycles. The summed E-state index contributed by atoms with van der Waals surface area (Å²) in [5.41, 5.74) is 2.87. The summed E-state index contributed by atoms with van der Waals surface area (Å²) in [5, 5.41) is 3.90. The molecular weight excluding hydrogens is 258 g/mol. The van der Waals surface area contributed by atoms with Gasteiger partial charge in [-0.05, 0) is 62.9 Å². The van der Waals surface area contributed by atoms with Crippen LogP contribution in [0.25, 0.3) is 0 Å². The van der Waals surface area contributed by atoms with Crippen LogP contribution < -0.4 is 5.32 Å². The predicted octanol–water partition coefficient (Wildman–Crippen LogP) is 2.79. The van der Waals surface area contributed by atoms with E-state index in [0.29, 0.717) is 6.04 Å². The number of hydrogen-bond donors (Lipinski definition) is 1. The van der Waals surface area contributed by atoms with Gasteiger partial charge in [0.05, 0.1) is 0 Å². The van der Waals surface area contributed by atoms with Gasteiger partial charge < -0.3 is 10.2 Å². The lowest BCUT2D eigenvalue weighted by atomic mass is 9.93. The number of para-hydroxylation sites is 1. The third-order valence-electron chi connectivity index (χ3n) is 5.59. The van der Waals surface area contributed by atoms with Gasteiger partial charge in [0, 0.05) is 31.4 Å². The minimum Gasteiger partial charge on any atom is -0.382 e. The van der Waals surface area contributed by atoms with Gasteiger partial charge in [0.1, 0.15) is 0 Å². The fourth-order valence-electron chi connectivity index (χ4n) is 4.32. The number of nitrogens with one attached hydrogen (secondary N) is 1. The highest BCUT2D eigenvalue weighted by molar-refractivity contribution is 5.52. The zero-order valence-electron chi connectivity index (χ0n) is 12.9. The van der Waals surface area contributed by atoms with E-state index in [1.807, 2.05) is 0 Å². The first-order valence-corrected chi connectivity index (χ1v) is 8.68. The highest BCUT2D eigenvalue weighted by Gasteiger charge is 2.34. The predicted molar refractivity (Wildman–Crippen MR) is 87.5 cm³/mol. The monoisotopic (exact) mass is 285 g/mol. The van der Waals surface area contributed by atoms with Crippen LogP contribution in [0, 0.1) is 5.92 Å². The van der Waals surface area contributed by atoms with Crippen LogP contribution >= 0.6 is 0 Å². The molecule has 3 heterocycles. The summed E-state index contributed by atoms with van der Waals surface area (Å²) < 4.78 is 0. The Morgan fingerprint density at radius 1 is 1.00 bits per heavy atom. The smallest absolute Gasteiger partial charge is 0.0388 e. The SMILES string of the molecule is c1ccc(NC2CCN3CCC2C3)c(CN2CCCC2)c1. The molecule has 3 fully saturated rings. The van der Waals surface area contributed by atoms with Gasteiger partial charge >= 0.3 is 0 Å². The number of likely N-dealkylation sites (tertiary alicyclic amines) is 1. The molecule has 0 spiro atoms. The van der Waals surface area contributed by atoms with Crippen molar-refractivity contribution in [3.05, 3.63) is 29.8 Å². The van der Waals surface area contributed by atoms with Crippen LogP contribution in [0.4, 0.5) is 5.69 Å². The van der Waals surface area contributed by atoms with Crippen molar-refractivity contribution in [1.29, 1.82) is 0 Å². The van der Waals surface area contributed by atoms with E-state index in [2.05, 4.69) is 39.4 Å². The van der Waals surface area contributed by atoms with Crippen LogP contribution in [-0.2, 0) is 6.54 Å². The van der Waals surface area contributed by atoms with Crippen molar-refractivity contribution >= 4 is 5.69 Å². The molecule has 4 rings (SSSR count). The third kappa shape index (κ3) is 2.95. The Kier molecular flexibility index (Phi) is 3.87. The summed E-state index contributed by atoms with van der Waals surface area (Å²) in [6.45, 7) is 7.57. The maximum Gasteiger partial charge on any atom is 0.0388 e. The van der Waals surface area contributed by atoms with E-state index < -0.39 is 0 Å². The molecule has 3 aliphatic rings. The summed E-state index contributed by atoms with van der Waals surface area (Å²) in [4.78, 5) is 5.22. The molecule has 0 saturated carbocycles. The fourth-order valence-corrected chi connectivity index (χ4v) is 4.32. The molecule has 3 saturated heterocycles. The van der Waals surface area contributed by atoms with Crippen molar-refractivity contribution in [3.63, 3.8) is 0 Å². The zero-order valence-corrected chi connectivity index (χ0v) is 12.9. The summed E-state index contributed by atoms with van der Waals surface area (Å²) in [5.74, 6) is 0.860. The van der Waals surface area contributed by atoms with Gasteiger partial charge in [-0.2, -0.15) is 0 Å². The summed E-state index contributed by atoms with van der Waals surface area (Å²) in [7, 11) is 0. The van der Waals surface area contributed by atoms with Crippen molar-refractivity contribution in [2.75, 3.05) is 38.0 Å². The molecule has 0 aromatic heterocycles. The summed E-state index contributed by atoms with van der Waals surface area (Å²) in [6, 6.07) is 9.65. The highest BCUT2D eigenvalue weighted by atomic mass is 15.2. The second-order valence-electron chi connectivity index (χ2n) is 7.03. The van der Waals surface area contributed by atoms with Crippen LogP contribution in [0.3, 0.4) is 0 Å². The van der Waals surface area contributed by atoms with E-state index in [9.17, 15) is 0 Å². The number of benzene rings is 1. The Morgan fingerprint density at radius 3 is 2.71 bits per heavy atom. The minimum atomic E-state index is 0.684. The number of anilines is 1. The Bertz CT molecular complexity index is 481. The van der Waals surface area contributed by atoms with Crippen LogP contribution in [0.1, 0.15) is 31.2 Å². The molecule has 1 aromatic carbocycles. The maximum atomic E-state index is 3.90. The second-order valence-corrected chi connectivity index (χ2v) is 7.03. The number of fused-ring (bicyclic) bond motifs is 2. The maximum absolute atomic E-state index is 3.90. The molecule has 0 radical (unpaired) electrons. The van der Waals surface area contributed by atoms with E-state index >= 15 is 0 Å². The van der Waals surface area contributed by atoms with Crippen LogP contribution in [0.15, 0.2) is 24.3 Å². The molecule has 3 atom stereocenters. The van der Waals surface area contributed by atoms with E-state index in [1.54, 1.807) is 0 Å². The first-order valence-electron chi connectivity index (χ1n) is 8.68. The lowest BCUT2D eigenvalue weighted by Crippen LogP contribution is -2.39. The number of piperidine rings is 1. The number of nitrogens with zero attached hydrogens (tertiary/aromatic N) is 2. The summed E-state index contributed by atoms with van der Waals surface area (Å²) in [6.07, 6.45) is 5.43. The Hall–Kier alpha value is -1.06. The van der Waals surface area contributed by atoms with Gasteiger partial charge in [0.15, 0.2) is 0 Å². The molecule has 3 unspecified atom stereocenters. The first-order chi connectivity index (χ1) is 10.4. The average Bonchev–Trinajstić information content (AvgIpc) is 3.14. The Labute approximate surface area is 128 Å². The lowest BCUT2D eigenvalue weighted by Gasteiger charge is -2.32. The molecule has 3 heteroatoms. The number of rotatable bonds is 4. The van der Waals surface area contributed by atoms with Crippen LogP contribution in [-0.4, -0.2) is 48.6 Å². The van der Waals surface area contributed by atoms with Gasteiger partial charge in [0.2, 0.25) is 0 Å². The Balaban J connectivity index is 1.46. The van der Waals surface area contributed by atoms with Crippen LogP contribution in [0.5, 0.6) is 0 Å². The quantitative estimate of drug-likeness (QED) is 0.918. The van der Waals surface area contributed by atoms with E-state index in [-0.39, 0.29) is 0 Å². The molecule has 2 bridgehead atoms. The van der Waals surface area contributed by atoms with Gasteiger partial charge in [-0.15, -0.1) is 0 Å². The molecule has 1 aromatic rings. The van der Waals surface area contributed by atoms with Crippen molar-refractivity contribution in [3.8, 4) is 0 Å².